The van der Waals surface area contributed by atoms with Crippen molar-refractivity contribution in [3.05, 3.63) is 100 Å². The summed E-state index contributed by atoms with van der Waals surface area (Å²) in [4.78, 5) is 15.5. The van der Waals surface area contributed by atoms with E-state index in [0.717, 1.165) is 11.3 Å². The van der Waals surface area contributed by atoms with Crippen LogP contribution in [0.1, 0.15) is 59.7 Å². The van der Waals surface area contributed by atoms with E-state index in [1.54, 1.807) is 10.7 Å². The first kappa shape index (κ1) is 32.9. The van der Waals surface area contributed by atoms with Gasteiger partial charge in [0.05, 0.1) is 0 Å². The second-order valence-corrected chi connectivity index (χ2v) is 16.4. The molecule has 222 valence electrons. The van der Waals surface area contributed by atoms with Crippen molar-refractivity contribution >= 4 is 47.0 Å². The zero-order valence-electron chi connectivity index (χ0n) is 25.2. The molecule has 0 radical (unpaired) electrons. The Morgan fingerprint density at radius 2 is 1.32 bits per heavy atom. The van der Waals surface area contributed by atoms with Crippen LogP contribution in [0, 0.1) is 48.2 Å². The van der Waals surface area contributed by atoms with Gasteiger partial charge in [-0.3, -0.25) is 0 Å². The van der Waals surface area contributed by atoms with Crippen molar-refractivity contribution in [2.24, 2.45) is 0 Å². The van der Waals surface area contributed by atoms with Gasteiger partial charge in [0.15, 0.2) is 0 Å². The third-order valence-corrected chi connectivity index (χ3v) is 8.14. The van der Waals surface area contributed by atoms with E-state index >= 15 is 0 Å². The average Bonchev–Trinajstić information content (AvgIpc) is 3.28. The number of carbonyl (C=O) groups excluding carboxylic acids is 1. The molecule has 1 aliphatic rings. The number of rotatable bonds is 6. The summed E-state index contributed by atoms with van der Waals surface area (Å²) < 4.78 is 7.47. The van der Waals surface area contributed by atoms with Gasteiger partial charge in [-0.05, 0) is 76.2 Å². The van der Waals surface area contributed by atoms with Crippen LogP contribution < -0.4 is 19.9 Å². The molecule has 4 rings (SSSR count). The number of amides is 1. The number of nitrogens with one attached hydrogen (secondary N) is 1. The van der Waals surface area contributed by atoms with Gasteiger partial charge in [-0.15, -0.1) is 6.67 Å². The zero-order valence-corrected chi connectivity index (χ0v) is 28.5. The monoisotopic (exact) mass is 682 g/mol. The first-order chi connectivity index (χ1) is 19.2. The van der Waals surface area contributed by atoms with E-state index in [1.807, 2.05) is 26.0 Å². The smallest absolute Gasteiger partial charge is 0.0184 e. The summed E-state index contributed by atoms with van der Waals surface area (Å²) in [6.07, 6.45) is 4.35. The Labute approximate surface area is 258 Å². The van der Waals surface area contributed by atoms with E-state index < -0.39 is 13.5 Å². The number of ether oxygens (including phenoxy) is 1. The molecule has 0 saturated carbocycles. The number of hydrogen-bond donors (Lipinski definition) is 1. The Balaban J connectivity index is 0.000000233. The van der Waals surface area contributed by atoms with Crippen molar-refractivity contribution in [1.29, 1.82) is 0 Å². The first-order valence-electron chi connectivity index (χ1n) is 13.4. The fourth-order valence-corrected chi connectivity index (χ4v) is 6.92. The summed E-state index contributed by atoms with van der Waals surface area (Å²) in [5.74, 6) is 0.600. The number of carbonyl (C=O) groups is 1. The Morgan fingerprint density at radius 1 is 0.854 bits per heavy atom. The van der Waals surface area contributed by atoms with Crippen LogP contribution in [-0.4, -0.2) is 16.6 Å². The average molecular weight is 683 g/mol. The molecule has 1 N–H and O–H groups in total. The molecular weight excluding hydrogens is 642 g/mol. The minimum atomic E-state index is -1.94. The second-order valence-electron chi connectivity index (χ2n) is 10.6. The number of benzene rings is 3. The van der Waals surface area contributed by atoms with E-state index in [4.69, 9.17) is 24.1 Å². The van der Waals surface area contributed by atoms with Crippen LogP contribution in [0.2, 0.25) is 0 Å². The van der Waals surface area contributed by atoms with Gasteiger partial charge in [0.2, 0.25) is 0 Å². The van der Waals surface area contributed by atoms with Crippen molar-refractivity contribution in [2.45, 2.75) is 68.4 Å². The molecule has 41 heavy (non-hydrogen) atoms. The fraction of sp³-hybridized carbons (Fsp3) is 0.303. The number of anilines is 3. The third kappa shape index (κ3) is 9.16. The summed E-state index contributed by atoms with van der Waals surface area (Å²) in [6, 6.07) is 14.4. The molecule has 1 amide bonds. The number of aryl methyl sites for hydroxylation is 6. The molecular formula is C33H40Cl2N3O2Ru-. The van der Waals surface area contributed by atoms with Crippen LogP contribution in [0.3, 0.4) is 0 Å². The predicted molar refractivity (Wildman–Crippen MR) is 173 cm³/mol. The summed E-state index contributed by atoms with van der Waals surface area (Å²) in [6.45, 7) is 20.6. The minimum absolute atomic E-state index is 0.0649. The maximum Gasteiger partial charge on any atom is 0.0184 e. The fourth-order valence-electron chi connectivity index (χ4n) is 5.13. The normalized spacial score (nSPS) is 12.7. The van der Waals surface area contributed by atoms with Gasteiger partial charge >= 0.3 is 120 Å². The summed E-state index contributed by atoms with van der Waals surface area (Å²) >= 11 is -1.94. The van der Waals surface area contributed by atoms with E-state index in [0.29, 0.717) is 5.69 Å². The van der Waals surface area contributed by atoms with Gasteiger partial charge in [-0.2, -0.15) is 0 Å². The molecule has 8 heteroatoms. The zero-order chi connectivity index (χ0) is 30.4. The van der Waals surface area contributed by atoms with Gasteiger partial charge in [0.25, 0.3) is 0 Å². The van der Waals surface area contributed by atoms with Crippen LogP contribution in [0.4, 0.5) is 17.1 Å². The molecule has 5 nitrogen and oxygen atoms in total. The van der Waals surface area contributed by atoms with Gasteiger partial charge in [-0.1, -0.05) is 35.4 Å². The second kappa shape index (κ2) is 14.5. The Hall–Kier alpha value is -2.66. The largest absolute Gasteiger partial charge is 0.479 e. The standard InChI is InChI=1S/C21H25N2.C12H15NO2.2ClH.Ru/c1-14-9-16(3)20(17(4)10-14)22-7-8-23(13-22)21-18(5)11-15(2)12-19(21)6;1-8(2)15-12-6-5-11(7-9(12)3)13-10(4)14;;;/h7-13H,1-6H3;3,5-8H,1-2,4H3,(H,13,14);2*1H;/q-1;;;;+2/p-2. The Morgan fingerprint density at radius 3 is 1.71 bits per heavy atom. The number of hydrogen-bond acceptors (Lipinski definition) is 4. The summed E-state index contributed by atoms with van der Waals surface area (Å²) in [7, 11) is 11.8. The van der Waals surface area contributed by atoms with Crippen LogP contribution >= 0.6 is 19.4 Å². The van der Waals surface area contributed by atoms with Crippen molar-refractivity contribution < 1.29 is 23.0 Å². The maximum atomic E-state index is 11.0. The van der Waals surface area contributed by atoms with E-state index in [9.17, 15) is 4.79 Å². The molecule has 3 aromatic rings. The van der Waals surface area contributed by atoms with E-state index in [1.165, 1.54) is 51.7 Å². The van der Waals surface area contributed by atoms with Crippen LogP contribution in [-0.2, 0) is 18.3 Å². The van der Waals surface area contributed by atoms with E-state index in [-0.39, 0.29) is 12.0 Å². The van der Waals surface area contributed by atoms with Crippen LogP contribution in [0.15, 0.2) is 54.9 Å². The van der Waals surface area contributed by atoms with E-state index in [2.05, 4.69) is 100.0 Å². The topological polar surface area (TPSA) is 44.8 Å². The maximum absolute atomic E-state index is 11.0. The van der Waals surface area contributed by atoms with Gasteiger partial charge in [-0.25, -0.2) is 0 Å². The summed E-state index contributed by atoms with van der Waals surface area (Å²) in [5.41, 5.74) is 11.9. The molecule has 1 aliphatic heterocycles. The molecule has 0 atom stereocenters. The van der Waals surface area contributed by atoms with Crippen LogP contribution in [0.25, 0.3) is 0 Å². The number of nitrogens with zero attached hydrogens (tertiary/aromatic N) is 2. The molecule has 0 aliphatic carbocycles. The van der Waals surface area contributed by atoms with Crippen LogP contribution in [0.5, 0.6) is 5.75 Å². The minimum Gasteiger partial charge on any atom is -0.479 e. The first-order valence-corrected chi connectivity index (χ1v) is 18.9. The molecule has 0 saturated heterocycles. The van der Waals surface area contributed by atoms with Crippen molar-refractivity contribution in [1.82, 2.24) is 0 Å². The Bertz CT molecular complexity index is 1370. The number of halogens is 2. The molecule has 0 spiro atoms. The quantitative estimate of drug-likeness (QED) is 0.208. The predicted octanol–water partition coefficient (Wildman–Crippen LogP) is 8.96. The SMILES string of the molecule is CC(=O)Nc1ccc(OC(C)C)c([CH]=[Ru]([Cl])[Cl])c1.Cc1cc(C)c(N2C=CN(c3c(C)cc(C)cc3C)[CH-]2)c(C)c1. The molecule has 3 aromatic carbocycles. The van der Waals surface area contributed by atoms with Crippen molar-refractivity contribution in [2.75, 3.05) is 15.1 Å². The Kier molecular flexibility index (Phi) is 11.6. The molecule has 0 fully saturated rings. The van der Waals surface area contributed by atoms with Gasteiger partial charge < -0.3 is 9.80 Å². The molecule has 1 heterocycles. The molecule has 0 unspecified atom stereocenters. The molecule has 0 aromatic heterocycles. The third-order valence-electron chi connectivity index (χ3n) is 6.30. The van der Waals surface area contributed by atoms with Gasteiger partial charge in [0, 0.05) is 11.4 Å². The van der Waals surface area contributed by atoms with Gasteiger partial charge in [0.1, 0.15) is 0 Å². The summed E-state index contributed by atoms with van der Waals surface area (Å²) in [5, 5.41) is 2.71. The van der Waals surface area contributed by atoms with Crippen molar-refractivity contribution in [3.63, 3.8) is 0 Å². The molecule has 0 bridgehead atoms. The van der Waals surface area contributed by atoms with Crippen molar-refractivity contribution in [3.8, 4) is 5.75 Å².